The SMILES string of the molecule is CCCC1CCC(C#N)(C(O)C2CCSC2)CC1. The average Bonchev–Trinajstić information content (AvgIpc) is 2.93. The third-order valence-corrected chi connectivity index (χ3v) is 6.08. The van der Waals surface area contributed by atoms with Gasteiger partial charge in [0, 0.05) is 0 Å². The van der Waals surface area contributed by atoms with Crippen molar-refractivity contribution in [1.82, 2.24) is 0 Å². The predicted molar refractivity (Wildman–Crippen MR) is 76.4 cm³/mol. The van der Waals surface area contributed by atoms with E-state index in [4.69, 9.17) is 0 Å². The van der Waals surface area contributed by atoms with Gasteiger partial charge >= 0.3 is 0 Å². The average molecular weight is 267 g/mol. The fourth-order valence-electron chi connectivity index (χ4n) is 3.62. The maximum Gasteiger partial charge on any atom is 0.0835 e. The van der Waals surface area contributed by atoms with Crippen molar-refractivity contribution in [3.8, 4) is 6.07 Å². The van der Waals surface area contributed by atoms with Gasteiger partial charge < -0.3 is 5.11 Å². The lowest BCUT2D eigenvalue weighted by atomic mass is 9.65. The Kier molecular flexibility index (Phi) is 4.98. The molecule has 3 heteroatoms. The van der Waals surface area contributed by atoms with Crippen molar-refractivity contribution in [2.45, 2.75) is 58.0 Å². The van der Waals surface area contributed by atoms with E-state index in [1.165, 1.54) is 12.8 Å². The van der Waals surface area contributed by atoms with Crippen LogP contribution >= 0.6 is 11.8 Å². The molecule has 2 fully saturated rings. The highest BCUT2D eigenvalue weighted by atomic mass is 32.2. The first-order valence-electron chi connectivity index (χ1n) is 7.39. The fraction of sp³-hybridized carbons (Fsp3) is 0.933. The summed E-state index contributed by atoms with van der Waals surface area (Å²) in [7, 11) is 0. The van der Waals surface area contributed by atoms with E-state index in [0.29, 0.717) is 5.92 Å². The Hall–Kier alpha value is -0.200. The predicted octanol–water partition coefficient (Wildman–Crippen LogP) is 3.60. The standard InChI is InChI=1S/C15H25NOS/c1-2-3-12-4-7-15(11-16,8-5-12)14(17)13-6-9-18-10-13/h12-14,17H,2-10H2,1H3. The first kappa shape index (κ1) is 14.2. The van der Waals surface area contributed by atoms with E-state index in [-0.39, 0.29) is 6.10 Å². The highest BCUT2D eigenvalue weighted by Gasteiger charge is 2.45. The summed E-state index contributed by atoms with van der Waals surface area (Å²) >= 11 is 1.92. The molecule has 1 saturated carbocycles. The van der Waals surface area contributed by atoms with Crippen molar-refractivity contribution >= 4 is 11.8 Å². The zero-order valence-corrected chi connectivity index (χ0v) is 12.2. The lowest BCUT2D eigenvalue weighted by Crippen LogP contribution is -2.42. The zero-order valence-electron chi connectivity index (χ0n) is 11.4. The highest BCUT2D eigenvalue weighted by Crippen LogP contribution is 2.46. The molecule has 2 aliphatic rings. The normalized spacial score (nSPS) is 38.3. The minimum absolute atomic E-state index is 0.359. The summed E-state index contributed by atoms with van der Waals surface area (Å²) in [6.45, 7) is 2.23. The molecule has 0 spiro atoms. The lowest BCUT2D eigenvalue weighted by molar-refractivity contribution is -0.00868. The van der Waals surface area contributed by atoms with Crippen LogP contribution in [0.25, 0.3) is 0 Å². The van der Waals surface area contributed by atoms with Gasteiger partial charge in [-0.05, 0) is 55.4 Å². The van der Waals surface area contributed by atoms with Crippen molar-refractivity contribution in [2.75, 3.05) is 11.5 Å². The second-order valence-electron chi connectivity index (χ2n) is 6.07. The first-order chi connectivity index (χ1) is 8.72. The van der Waals surface area contributed by atoms with Gasteiger partial charge in [-0.15, -0.1) is 0 Å². The van der Waals surface area contributed by atoms with Crippen LogP contribution in [-0.2, 0) is 0 Å². The molecule has 1 heterocycles. The van der Waals surface area contributed by atoms with Crippen LogP contribution in [0, 0.1) is 28.6 Å². The summed E-state index contributed by atoms with van der Waals surface area (Å²) in [6, 6.07) is 2.50. The molecule has 1 aliphatic carbocycles. The number of aliphatic hydroxyl groups excluding tert-OH is 1. The molecule has 2 unspecified atom stereocenters. The largest absolute Gasteiger partial charge is 0.391 e. The van der Waals surface area contributed by atoms with E-state index in [1.807, 2.05) is 11.8 Å². The summed E-state index contributed by atoms with van der Waals surface area (Å²) in [5.74, 6) is 3.35. The summed E-state index contributed by atoms with van der Waals surface area (Å²) in [5, 5.41) is 20.2. The number of hydrogen-bond donors (Lipinski definition) is 1. The maximum absolute atomic E-state index is 10.6. The number of nitriles is 1. The second-order valence-corrected chi connectivity index (χ2v) is 7.22. The monoisotopic (exact) mass is 267 g/mol. The molecule has 2 nitrogen and oxygen atoms in total. The van der Waals surface area contributed by atoms with E-state index in [2.05, 4.69) is 13.0 Å². The minimum atomic E-state index is -0.431. The van der Waals surface area contributed by atoms with Crippen LogP contribution in [0.4, 0.5) is 0 Å². The van der Waals surface area contributed by atoms with Crippen LogP contribution in [0.5, 0.6) is 0 Å². The van der Waals surface area contributed by atoms with Gasteiger partial charge in [-0.2, -0.15) is 17.0 Å². The Balaban J connectivity index is 1.97. The molecule has 0 amide bonds. The van der Waals surface area contributed by atoms with Crippen molar-refractivity contribution in [3.63, 3.8) is 0 Å². The zero-order chi connectivity index (χ0) is 13.0. The van der Waals surface area contributed by atoms with Gasteiger partial charge in [-0.1, -0.05) is 19.8 Å². The van der Waals surface area contributed by atoms with Crippen molar-refractivity contribution < 1.29 is 5.11 Å². The Bertz CT molecular complexity index is 298. The van der Waals surface area contributed by atoms with Crippen LogP contribution in [-0.4, -0.2) is 22.7 Å². The molecule has 0 bridgehead atoms. The number of nitrogens with zero attached hydrogens (tertiary/aromatic N) is 1. The van der Waals surface area contributed by atoms with E-state index in [1.54, 1.807) is 0 Å². The third kappa shape index (κ3) is 2.86. The van der Waals surface area contributed by atoms with E-state index < -0.39 is 5.41 Å². The molecule has 0 radical (unpaired) electrons. The highest BCUT2D eigenvalue weighted by molar-refractivity contribution is 7.99. The van der Waals surface area contributed by atoms with E-state index in [9.17, 15) is 10.4 Å². The molecular weight excluding hydrogens is 242 g/mol. The summed E-state index contributed by atoms with van der Waals surface area (Å²) in [5.41, 5.74) is -0.431. The van der Waals surface area contributed by atoms with Gasteiger partial charge in [-0.3, -0.25) is 0 Å². The van der Waals surface area contributed by atoms with Gasteiger partial charge in [0.15, 0.2) is 0 Å². The van der Waals surface area contributed by atoms with Crippen LogP contribution in [0.3, 0.4) is 0 Å². The summed E-state index contributed by atoms with van der Waals surface area (Å²) in [6.07, 6.45) is 7.33. The molecule has 0 aromatic heterocycles. The molecule has 1 saturated heterocycles. The van der Waals surface area contributed by atoms with Gasteiger partial charge in [-0.25, -0.2) is 0 Å². The Morgan fingerprint density at radius 3 is 2.61 bits per heavy atom. The van der Waals surface area contributed by atoms with E-state index in [0.717, 1.165) is 49.5 Å². The Labute approximate surface area is 115 Å². The van der Waals surface area contributed by atoms with E-state index >= 15 is 0 Å². The number of hydrogen-bond acceptors (Lipinski definition) is 3. The van der Waals surface area contributed by atoms with Crippen LogP contribution in [0.1, 0.15) is 51.9 Å². The minimum Gasteiger partial charge on any atom is -0.391 e. The summed E-state index contributed by atoms with van der Waals surface area (Å²) < 4.78 is 0. The molecule has 18 heavy (non-hydrogen) atoms. The van der Waals surface area contributed by atoms with Crippen LogP contribution in [0.15, 0.2) is 0 Å². The molecule has 1 N–H and O–H groups in total. The maximum atomic E-state index is 10.6. The molecule has 1 aliphatic heterocycles. The molecule has 2 rings (SSSR count). The molecule has 102 valence electrons. The number of aliphatic hydroxyl groups is 1. The molecule has 2 atom stereocenters. The van der Waals surface area contributed by atoms with Crippen LogP contribution in [0.2, 0.25) is 0 Å². The van der Waals surface area contributed by atoms with Crippen molar-refractivity contribution in [3.05, 3.63) is 0 Å². The fourth-order valence-corrected chi connectivity index (χ4v) is 4.90. The summed E-state index contributed by atoms with van der Waals surface area (Å²) in [4.78, 5) is 0. The van der Waals surface area contributed by atoms with Gasteiger partial charge in [0.05, 0.1) is 17.6 Å². The van der Waals surface area contributed by atoms with Crippen molar-refractivity contribution in [2.24, 2.45) is 17.3 Å². The quantitative estimate of drug-likeness (QED) is 0.846. The lowest BCUT2D eigenvalue weighted by Gasteiger charge is -2.40. The first-order valence-corrected chi connectivity index (χ1v) is 8.54. The number of rotatable bonds is 4. The van der Waals surface area contributed by atoms with Gasteiger partial charge in [0.1, 0.15) is 0 Å². The third-order valence-electron chi connectivity index (χ3n) is 4.89. The van der Waals surface area contributed by atoms with Crippen molar-refractivity contribution in [1.29, 1.82) is 5.26 Å². The molecule has 0 aromatic rings. The number of thioether (sulfide) groups is 1. The smallest absolute Gasteiger partial charge is 0.0835 e. The van der Waals surface area contributed by atoms with Crippen LogP contribution < -0.4 is 0 Å². The molecule has 0 aromatic carbocycles. The topological polar surface area (TPSA) is 44.0 Å². The second kappa shape index (κ2) is 6.30. The van der Waals surface area contributed by atoms with Gasteiger partial charge in [0.25, 0.3) is 0 Å². The Morgan fingerprint density at radius 1 is 1.39 bits per heavy atom. The Morgan fingerprint density at radius 2 is 2.11 bits per heavy atom. The van der Waals surface area contributed by atoms with Gasteiger partial charge in [0.2, 0.25) is 0 Å². The molecular formula is C15H25NOS.